The molecule has 0 aromatic heterocycles. The predicted molar refractivity (Wildman–Crippen MR) is 128 cm³/mol. The molecule has 0 unspecified atom stereocenters. The first-order chi connectivity index (χ1) is 16.1. The number of ether oxygens (including phenoxy) is 1. The molecule has 5 heteroatoms. The molecule has 1 amide bonds. The number of Topliss-reactive ketones (excluding diaryl/α,β-unsaturated/α-hetero) is 1. The Kier molecular flexibility index (Phi) is 7.66. The lowest BCUT2D eigenvalue weighted by Gasteiger charge is -2.16. The van der Waals surface area contributed by atoms with Crippen LogP contribution in [0.25, 0.3) is 11.1 Å². The van der Waals surface area contributed by atoms with E-state index < -0.39 is 6.10 Å². The molecule has 4 rings (SSSR count). The number of carbonyl (C=O) groups is 2. The number of ketones is 1. The van der Waals surface area contributed by atoms with Crippen LogP contribution in [0.4, 0.5) is 0 Å². The van der Waals surface area contributed by atoms with Gasteiger partial charge in [0.1, 0.15) is 0 Å². The molecule has 1 aliphatic carbocycles. The van der Waals surface area contributed by atoms with Crippen LogP contribution in [-0.4, -0.2) is 35.0 Å². The zero-order valence-corrected chi connectivity index (χ0v) is 18.5. The Morgan fingerprint density at radius 2 is 1.45 bits per heavy atom. The Morgan fingerprint density at radius 1 is 0.818 bits per heavy atom. The summed E-state index contributed by atoms with van der Waals surface area (Å²) in [6, 6.07) is 27.0. The van der Waals surface area contributed by atoms with Crippen molar-refractivity contribution in [3.05, 3.63) is 96.1 Å². The Morgan fingerprint density at radius 3 is 2.15 bits per heavy atom. The van der Waals surface area contributed by atoms with Crippen molar-refractivity contribution in [2.45, 2.75) is 50.5 Å². The van der Waals surface area contributed by atoms with Crippen molar-refractivity contribution in [3.8, 4) is 11.1 Å². The minimum absolute atomic E-state index is 0.0687. The Hall–Kier alpha value is -3.28. The maximum Gasteiger partial charge on any atom is 0.220 e. The Bertz CT molecular complexity index is 1050. The van der Waals surface area contributed by atoms with E-state index in [-0.39, 0.29) is 36.7 Å². The topological polar surface area (TPSA) is 75.6 Å². The standard InChI is InChI=1S/C28H29NO4/c30-26(23-13-11-22(12-14-23)21-9-5-2-6-10-21)15-16-28(32)29-25-17-24(18-27(25)31)33-19-20-7-3-1-4-8-20/h1-14,24-25,27,31H,15-19H2,(H,29,32)/t24-,25+,27+/m0/s1. The monoisotopic (exact) mass is 443 g/mol. The lowest BCUT2D eigenvalue weighted by Crippen LogP contribution is -2.40. The number of aliphatic hydroxyl groups is 1. The molecule has 3 aromatic carbocycles. The van der Waals surface area contributed by atoms with Crippen molar-refractivity contribution in [1.29, 1.82) is 0 Å². The molecule has 0 heterocycles. The van der Waals surface area contributed by atoms with Gasteiger partial charge in [0.2, 0.25) is 5.91 Å². The summed E-state index contributed by atoms with van der Waals surface area (Å²) in [6.45, 7) is 0.483. The van der Waals surface area contributed by atoms with E-state index in [4.69, 9.17) is 4.74 Å². The minimum Gasteiger partial charge on any atom is -0.391 e. The van der Waals surface area contributed by atoms with Gasteiger partial charge in [-0.3, -0.25) is 9.59 Å². The third-order valence-corrected chi connectivity index (χ3v) is 6.05. The molecule has 33 heavy (non-hydrogen) atoms. The van der Waals surface area contributed by atoms with Crippen molar-refractivity contribution >= 4 is 11.7 Å². The van der Waals surface area contributed by atoms with Crippen LogP contribution in [0, 0.1) is 0 Å². The van der Waals surface area contributed by atoms with Gasteiger partial charge in [0.15, 0.2) is 5.78 Å². The van der Waals surface area contributed by atoms with E-state index in [1.807, 2.05) is 72.8 Å². The number of carbonyl (C=O) groups excluding carboxylic acids is 2. The van der Waals surface area contributed by atoms with Gasteiger partial charge in [0.25, 0.3) is 0 Å². The molecule has 0 bridgehead atoms. The maximum atomic E-state index is 12.5. The van der Waals surface area contributed by atoms with Crippen LogP contribution < -0.4 is 5.32 Å². The zero-order chi connectivity index (χ0) is 23.0. The number of amides is 1. The largest absolute Gasteiger partial charge is 0.391 e. The van der Waals surface area contributed by atoms with Crippen molar-refractivity contribution < 1.29 is 19.4 Å². The number of benzene rings is 3. The molecule has 170 valence electrons. The molecule has 5 nitrogen and oxygen atoms in total. The van der Waals surface area contributed by atoms with E-state index in [0.717, 1.165) is 16.7 Å². The SMILES string of the molecule is O=C(CCC(=O)c1ccc(-c2ccccc2)cc1)N[C@@H]1C[C@H](OCc2ccccc2)C[C@H]1O. The highest BCUT2D eigenvalue weighted by Gasteiger charge is 2.34. The number of aliphatic hydroxyl groups excluding tert-OH is 1. The first-order valence-electron chi connectivity index (χ1n) is 11.4. The summed E-state index contributed by atoms with van der Waals surface area (Å²) in [5.74, 6) is -0.294. The highest BCUT2D eigenvalue weighted by atomic mass is 16.5. The van der Waals surface area contributed by atoms with E-state index in [1.54, 1.807) is 12.1 Å². The van der Waals surface area contributed by atoms with Crippen LogP contribution in [0.1, 0.15) is 41.6 Å². The molecule has 2 N–H and O–H groups in total. The van der Waals surface area contributed by atoms with Gasteiger partial charge in [-0.15, -0.1) is 0 Å². The van der Waals surface area contributed by atoms with Crippen LogP contribution >= 0.6 is 0 Å². The molecule has 0 spiro atoms. The molecule has 0 aliphatic heterocycles. The molecule has 0 radical (unpaired) electrons. The van der Waals surface area contributed by atoms with Gasteiger partial charge in [-0.05, 0) is 23.1 Å². The van der Waals surface area contributed by atoms with Crippen LogP contribution in [0.15, 0.2) is 84.9 Å². The van der Waals surface area contributed by atoms with E-state index in [9.17, 15) is 14.7 Å². The molecule has 1 saturated carbocycles. The van der Waals surface area contributed by atoms with Crippen LogP contribution in [0.5, 0.6) is 0 Å². The van der Waals surface area contributed by atoms with Crippen LogP contribution in [-0.2, 0) is 16.1 Å². The number of hydrogen-bond acceptors (Lipinski definition) is 4. The third-order valence-electron chi connectivity index (χ3n) is 6.05. The second-order valence-corrected chi connectivity index (χ2v) is 8.50. The first-order valence-corrected chi connectivity index (χ1v) is 11.4. The predicted octanol–water partition coefficient (Wildman–Crippen LogP) is 4.54. The minimum atomic E-state index is -0.643. The first kappa shape index (κ1) is 22.9. The average Bonchev–Trinajstić information content (AvgIpc) is 3.21. The van der Waals surface area contributed by atoms with Gasteiger partial charge in [-0.1, -0.05) is 84.9 Å². The zero-order valence-electron chi connectivity index (χ0n) is 18.5. The van der Waals surface area contributed by atoms with E-state index in [0.29, 0.717) is 25.0 Å². The number of rotatable bonds is 9. The number of nitrogens with one attached hydrogen (secondary N) is 1. The fourth-order valence-corrected chi connectivity index (χ4v) is 4.18. The fourth-order valence-electron chi connectivity index (χ4n) is 4.18. The van der Waals surface area contributed by atoms with Crippen molar-refractivity contribution in [1.82, 2.24) is 5.32 Å². The molecular formula is C28H29NO4. The maximum absolute atomic E-state index is 12.5. The summed E-state index contributed by atoms with van der Waals surface area (Å²) in [7, 11) is 0. The van der Waals surface area contributed by atoms with E-state index in [2.05, 4.69) is 5.32 Å². The summed E-state index contributed by atoms with van der Waals surface area (Å²) in [4.78, 5) is 24.9. The summed E-state index contributed by atoms with van der Waals surface area (Å²) in [5, 5.41) is 13.2. The second-order valence-electron chi connectivity index (χ2n) is 8.50. The number of hydrogen-bond donors (Lipinski definition) is 2. The van der Waals surface area contributed by atoms with Crippen LogP contribution in [0.2, 0.25) is 0 Å². The van der Waals surface area contributed by atoms with Crippen molar-refractivity contribution in [2.75, 3.05) is 0 Å². The van der Waals surface area contributed by atoms with Gasteiger partial charge in [-0.25, -0.2) is 0 Å². The van der Waals surface area contributed by atoms with Gasteiger partial charge in [0.05, 0.1) is 24.9 Å². The molecule has 0 saturated heterocycles. The molecule has 1 fully saturated rings. The Balaban J connectivity index is 1.21. The highest BCUT2D eigenvalue weighted by Crippen LogP contribution is 2.24. The normalized spacial score (nSPS) is 19.8. The molecule has 3 aromatic rings. The van der Waals surface area contributed by atoms with Gasteiger partial charge in [-0.2, -0.15) is 0 Å². The van der Waals surface area contributed by atoms with Gasteiger partial charge < -0.3 is 15.2 Å². The third kappa shape index (κ3) is 6.37. The van der Waals surface area contributed by atoms with Gasteiger partial charge in [0, 0.05) is 24.8 Å². The lowest BCUT2D eigenvalue weighted by molar-refractivity contribution is -0.122. The second kappa shape index (κ2) is 11.0. The van der Waals surface area contributed by atoms with Crippen molar-refractivity contribution in [2.24, 2.45) is 0 Å². The summed E-state index contributed by atoms with van der Waals surface area (Å²) < 4.78 is 5.90. The molecule has 3 atom stereocenters. The Labute approximate surface area is 194 Å². The smallest absolute Gasteiger partial charge is 0.220 e. The lowest BCUT2D eigenvalue weighted by atomic mass is 10.0. The summed E-state index contributed by atoms with van der Waals surface area (Å²) in [6.07, 6.45) is 0.538. The molecule has 1 aliphatic rings. The fraction of sp³-hybridized carbons (Fsp3) is 0.286. The summed E-state index contributed by atoms with van der Waals surface area (Å²) in [5.41, 5.74) is 3.81. The van der Waals surface area contributed by atoms with E-state index in [1.165, 1.54) is 0 Å². The highest BCUT2D eigenvalue weighted by molar-refractivity contribution is 5.98. The average molecular weight is 444 g/mol. The van der Waals surface area contributed by atoms with Crippen LogP contribution in [0.3, 0.4) is 0 Å². The van der Waals surface area contributed by atoms with Crippen molar-refractivity contribution in [3.63, 3.8) is 0 Å². The summed E-state index contributed by atoms with van der Waals surface area (Å²) >= 11 is 0. The van der Waals surface area contributed by atoms with E-state index >= 15 is 0 Å². The molecular weight excluding hydrogens is 414 g/mol. The van der Waals surface area contributed by atoms with Gasteiger partial charge >= 0.3 is 0 Å². The quantitative estimate of drug-likeness (QED) is 0.476.